The first-order valence-electron chi connectivity index (χ1n) is 8.97. The summed E-state index contributed by atoms with van der Waals surface area (Å²) in [5, 5.41) is 26.6. The molecule has 0 amide bonds. The van der Waals surface area contributed by atoms with E-state index >= 15 is 0 Å². The van der Waals surface area contributed by atoms with Crippen molar-refractivity contribution in [1.29, 1.82) is 0 Å². The molecule has 28 heavy (non-hydrogen) atoms. The summed E-state index contributed by atoms with van der Waals surface area (Å²) < 4.78 is 1.82. The van der Waals surface area contributed by atoms with E-state index < -0.39 is 17.1 Å². The predicted molar refractivity (Wildman–Crippen MR) is 104 cm³/mol. The zero-order valence-corrected chi connectivity index (χ0v) is 16.0. The van der Waals surface area contributed by atoms with Crippen LogP contribution in [0.3, 0.4) is 0 Å². The van der Waals surface area contributed by atoms with Crippen molar-refractivity contribution in [3.8, 4) is 5.88 Å². The lowest BCUT2D eigenvalue weighted by molar-refractivity contribution is 0.413. The van der Waals surface area contributed by atoms with Crippen LogP contribution in [0.1, 0.15) is 26.2 Å². The Morgan fingerprint density at radius 3 is 2.43 bits per heavy atom. The lowest BCUT2D eigenvalue weighted by Crippen LogP contribution is -2.36. The SMILES string of the molecule is CC1CC(N=Nc2c(O)n(C)c(=O)n(C)c2=O)=CC=C1N=NC1=CC=CCC1. The number of nitrogens with zero attached hydrogens (tertiary/aromatic N) is 6. The summed E-state index contributed by atoms with van der Waals surface area (Å²) in [6, 6.07) is 0. The third-order valence-corrected chi connectivity index (χ3v) is 4.64. The van der Waals surface area contributed by atoms with Gasteiger partial charge in [0.1, 0.15) is 0 Å². The Labute approximate surface area is 161 Å². The Hall–Kier alpha value is -3.36. The molecule has 9 heteroatoms. The molecule has 0 saturated carbocycles. The molecule has 2 aliphatic rings. The number of aromatic nitrogens is 2. The molecule has 1 heterocycles. The van der Waals surface area contributed by atoms with Crippen molar-refractivity contribution in [3.63, 3.8) is 0 Å². The summed E-state index contributed by atoms with van der Waals surface area (Å²) in [6.45, 7) is 2.01. The summed E-state index contributed by atoms with van der Waals surface area (Å²) in [6.07, 6.45) is 12.0. The molecular weight excluding hydrogens is 360 g/mol. The maximum absolute atomic E-state index is 12.2. The normalized spacial score (nSPS) is 19.8. The third kappa shape index (κ3) is 3.98. The van der Waals surface area contributed by atoms with E-state index in [-0.39, 0.29) is 11.6 Å². The minimum absolute atomic E-state index is 0.0824. The van der Waals surface area contributed by atoms with E-state index in [2.05, 4.69) is 26.5 Å². The van der Waals surface area contributed by atoms with Crippen molar-refractivity contribution < 1.29 is 5.11 Å². The molecule has 9 nitrogen and oxygen atoms in total. The fraction of sp³-hybridized carbons (Fsp3) is 0.368. The first kappa shape index (κ1) is 19.4. The Bertz CT molecular complexity index is 1080. The van der Waals surface area contributed by atoms with Gasteiger partial charge in [-0.3, -0.25) is 13.9 Å². The first-order valence-corrected chi connectivity index (χ1v) is 8.97. The van der Waals surface area contributed by atoms with E-state index in [1.165, 1.54) is 14.1 Å². The summed E-state index contributed by atoms with van der Waals surface area (Å²) in [4.78, 5) is 23.9. The molecule has 1 aromatic rings. The van der Waals surface area contributed by atoms with Crippen molar-refractivity contribution in [2.75, 3.05) is 0 Å². The fourth-order valence-electron chi connectivity index (χ4n) is 2.85. The van der Waals surface area contributed by atoms with Gasteiger partial charge in [0, 0.05) is 20.0 Å². The molecule has 0 radical (unpaired) electrons. The third-order valence-electron chi connectivity index (χ3n) is 4.64. The molecular formula is C19H22N6O3. The lowest BCUT2D eigenvalue weighted by atomic mass is 9.97. The van der Waals surface area contributed by atoms with Crippen LogP contribution in [0.4, 0.5) is 5.69 Å². The molecule has 1 aromatic heterocycles. The van der Waals surface area contributed by atoms with Crippen molar-refractivity contribution in [2.45, 2.75) is 26.2 Å². The van der Waals surface area contributed by atoms with E-state index in [0.717, 1.165) is 33.4 Å². The van der Waals surface area contributed by atoms with Gasteiger partial charge in [-0.2, -0.15) is 15.3 Å². The van der Waals surface area contributed by atoms with Crippen LogP contribution in [-0.2, 0) is 14.1 Å². The summed E-state index contributed by atoms with van der Waals surface area (Å²) in [5.41, 5.74) is 0.829. The van der Waals surface area contributed by atoms with Crippen LogP contribution >= 0.6 is 0 Å². The van der Waals surface area contributed by atoms with Crippen molar-refractivity contribution in [3.05, 3.63) is 68.3 Å². The average molecular weight is 382 g/mol. The van der Waals surface area contributed by atoms with Crippen LogP contribution in [0.25, 0.3) is 0 Å². The highest BCUT2D eigenvalue weighted by atomic mass is 16.3. The monoisotopic (exact) mass is 382 g/mol. The Kier molecular flexibility index (Phi) is 5.62. The van der Waals surface area contributed by atoms with Crippen LogP contribution in [0.2, 0.25) is 0 Å². The molecule has 0 bridgehead atoms. The average Bonchev–Trinajstić information content (AvgIpc) is 2.71. The maximum atomic E-state index is 12.2. The molecule has 0 aromatic carbocycles. The predicted octanol–water partition coefficient (Wildman–Crippen LogP) is 3.37. The van der Waals surface area contributed by atoms with E-state index in [4.69, 9.17) is 0 Å². The minimum atomic E-state index is -0.700. The Morgan fingerprint density at radius 1 is 1.00 bits per heavy atom. The van der Waals surface area contributed by atoms with Crippen molar-refractivity contribution in [2.24, 2.45) is 40.5 Å². The fourth-order valence-corrected chi connectivity index (χ4v) is 2.85. The number of rotatable bonds is 4. The number of hydrogen-bond acceptors (Lipinski definition) is 7. The van der Waals surface area contributed by atoms with Crippen LogP contribution in [0, 0.1) is 5.92 Å². The van der Waals surface area contributed by atoms with Gasteiger partial charge in [0.25, 0.3) is 5.56 Å². The van der Waals surface area contributed by atoms with Gasteiger partial charge >= 0.3 is 5.69 Å². The van der Waals surface area contributed by atoms with Gasteiger partial charge in [-0.1, -0.05) is 19.1 Å². The van der Waals surface area contributed by atoms with Gasteiger partial charge in [-0.05, 0) is 37.5 Å². The molecule has 0 saturated heterocycles. The van der Waals surface area contributed by atoms with E-state index in [0.29, 0.717) is 12.1 Å². The Morgan fingerprint density at radius 2 is 1.75 bits per heavy atom. The van der Waals surface area contributed by atoms with E-state index in [1.807, 2.05) is 25.2 Å². The van der Waals surface area contributed by atoms with Crippen LogP contribution in [0.5, 0.6) is 5.88 Å². The highest BCUT2D eigenvalue weighted by Gasteiger charge is 2.17. The maximum Gasteiger partial charge on any atom is 0.333 e. The first-order chi connectivity index (χ1) is 13.4. The van der Waals surface area contributed by atoms with Crippen LogP contribution in [0.15, 0.2) is 77.5 Å². The molecule has 3 rings (SSSR count). The van der Waals surface area contributed by atoms with E-state index in [1.54, 1.807) is 6.08 Å². The largest absolute Gasteiger partial charge is 0.493 e. The van der Waals surface area contributed by atoms with Gasteiger partial charge in [-0.25, -0.2) is 4.79 Å². The molecule has 1 N–H and O–H groups in total. The zero-order valence-electron chi connectivity index (χ0n) is 16.0. The molecule has 2 aliphatic carbocycles. The second kappa shape index (κ2) is 8.12. The Balaban J connectivity index is 1.82. The summed E-state index contributed by atoms with van der Waals surface area (Å²) in [5.74, 6) is -0.430. The highest BCUT2D eigenvalue weighted by molar-refractivity contribution is 5.43. The molecule has 146 valence electrons. The smallest absolute Gasteiger partial charge is 0.333 e. The quantitative estimate of drug-likeness (QED) is 0.805. The van der Waals surface area contributed by atoms with Gasteiger partial charge in [0.2, 0.25) is 11.6 Å². The molecule has 0 fully saturated rings. The molecule has 0 spiro atoms. The minimum Gasteiger partial charge on any atom is -0.493 e. The zero-order chi connectivity index (χ0) is 20.3. The van der Waals surface area contributed by atoms with Gasteiger partial charge in [0.15, 0.2) is 0 Å². The lowest BCUT2D eigenvalue weighted by Gasteiger charge is -2.15. The summed E-state index contributed by atoms with van der Waals surface area (Å²) in [7, 11) is 2.68. The number of aromatic hydroxyl groups is 1. The van der Waals surface area contributed by atoms with Crippen LogP contribution < -0.4 is 11.2 Å². The molecule has 1 unspecified atom stereocenters. The van der Waals surface area contributed by atoms with Gasteiger partial charge in [0.05, 0.1) is 17.1 Å². The standard InChI is InChI=1S/C19H22N6O3/c1-12-11-14(9-10-15(12)22-20-13-7-5-4-6-8-13)21-23-16-17(26)24(2)19(28)25(3)18(16)27/h4-5,7,9-10,12,26H,6,8,11H2,1-3H3. The number of hydrogen-bond donors (Lipinski definition) is 1. The topological polar surface area (TPSA) is 114 Å². The van der Waals surface area contributed by atoms with Crippen LogP contribution in [-0.4, -0.2) is 14.2 Å². The van der Waals surface area contributed by atoms with E-state index in [9.17, 15) is 14.7 Å². The molecule has 1 atom stereocenters. The second-order valence-corrected chi connectivity index (χ2v) is 6.76. The number of allylic oxidation sites excluding steroid dienone is 8. The summed E-state index contributed by atoms with van der Waals surface area (Å²) >= 11 is 0. The van der Waals surface area contributed by atoms with Gasteiger partial charge in [-0.15, -0.1) is 5.11 Å². The highest BCUT2D eigenvalue weighted by Crippen LogP contribution is 2.29. The van der Waals surface area contributed by atoms with Crippen molar-refractivity contribution >= 4 is 5.69 Å². The number of azo groups is 2. The van der Waals surface area contributed by atoms with Gasteiger partial charge < -0.3 is 5.11 Å². The second-order valence-electron chi connectivity index (χ2n) is 6.76. The molecule has 0 aliphatic heterocycles. The van der Waals surface area contributed by atoms with Crippen molar-refractivity contribution in [1.82, 2.24) is 9.13 Å².